The number of carboxylic acid groups (broad SMARTS) is 1. The van der Waals surface area contributed by atoms with Crippen molar-refractivity contribution in [3.8, 4) is 0 Å². The van der Waals surface area contributed by atoms with E-state index < -0.39 is 42.9 Å². The van der Waals surface area contributed by atoms with Gasteiger partial charge in [-0.3, -0.25) is 18.7 Å². The summed E-state index contributed by atoms with van der Waals surface area (Å²) in [5.74, 6) is -1.11. The molecule has 2 aromatic carbocycles. The Morgan fingerprint density at radius 2 is 1.68 bits per heavy atom. The first-order chi connectivity index (χ1) is 23.8. The number of thioether (sulfide) groups is 1. The zero-order chi connectivity index (χ0) is 35.7. The summed E-state index contributed by atoms with van der Waals surface area (Å²) >= 11 is 2.90. The molecule has 3 heterocycles. The number of unbranched alkanes of at least 4 members (excludes halogenated alkanes) is 1. The molecule has 4 atom stereocenters. The van der Waals surface area contributed by atoms with Gasteiger partial charge in [0.25, 0.3) is 15.1 Å². The number of aliphatic carboxylic acids is 1. The van der Waals surface area contributed by atoms with Gasteiger partial charge in [0, 0.05) is 62.9 Å². The van der Waals surface area contributed by atoms with Crippen LogP contribution in [0.25, 0.3) is 16.3 Å². The van der Waals surface area contributed by atoms with E-state index in [9.17, 15) is 35.5 Å². The summed E-state index contributed by atoms with van der Waals surface area (Å²) < 4.78 is 74.2. The second kappa shape index (κ2) is 14.9. The molecule has 1 saturated heterocycles. The molecule has 1 amide bonds. The van der Waals surface area contributed by atoms with Crippen molar-refractivity contribution in [2.24, 2.45) is 0 Å². The van der Waals surface area contributed by atoms with E-state index in [1.54, 1.807) is 0 Å². The molecule has 1 saturated carbocycles. The van der Waals surface area contributed by atoms with Gasteiger partial charge in [-0.25, -0.2) is 4.48 Å². The maximum atomic E-state index is 13.0. The average molecular weight is 764 g/mol. The van der Waals surface area contributed by atoms with Crippen LogP contribution >= 0.6 is 23.1 Å². The molecule has 0 radical (unpaired) electrons. The van der Waals surface area contributed by atoms with Crippen LogP contribution in [0.1, 0.15) is 75.3 Å². The lowest BCUT2D eigenvalue weighted by Crippen LogP contribution is -2.52. The van der Waals surface area contributed by atoms with E-state index >= 15 is 0 Å². The number of carbonyl (C=O) groups excluding carboxylic acids is 1. The average Bonchev–Trinajstić information content (AvgIpc) is 3.84. The molecule has 0 bridgehead atoms. The van der Waals surface area contributed by atoms with E-state index in [1.807, 2.05) is 65.3 Å². The largest absolute Gasteiger partial charge is 0.481 e. The molecule has 6 rings (SSSR count). The van der Waals surface area contributed by atoms with Crippen molar-refractivity contribution in [1.29, 1.82) is 0 Å². The molecule has 4 N–H and O–H groups in total. The summed E-state index contributed by atoms with van der Waals surface area (Å²) in [5, 5.41) is 11.1. The smallest absolute Gasteiger partial charge is 0.320 e. The van der Waals surface area contributed by atoms with Crippen LogP contribution < -0.4 is 14.4 Å². The standard InChI is InChI=1S/C34H39N3O9S4/c38-30(35-19-6-5-16-34(39)40)18-17-23(22-32-37(20-8-15-33(37)50(44,45)46)26-11-2-4-13-28(26)48-32)21-31-36(24-9-1-3-12-27(24)47-31)25-10-7-14-29(25)49(41,42)43/h1-4,9,11-13,21-22,25,29,33H,5-8,10,14-20H2,(H2-2,35,38,39,40,41,42,43,44,45,46)/p+2/b23-21+,32-22-. The van der Waals surface area contributed by atoms with Crippen LogP contribution in [0.5, 0.6) is 0 Å². The SMILES string of the molecule is O=C(O)CCCCNC(=O)CCC(/C=C1\Sc2ccccc2[N+]12CCCC2S(=O)(=O)O)=C\c1sc2ccccc2[n+]1C1CCCC1S(=O)(=O)O. The Labute approximate surface area is 300 Å². The van der Waals surface area contributed by atoms with Gasteiger partial charge in [0.15, 0.2) is 16.8 Å². The van der Waals surface area contributed by atoms with Gasteiger partial charge in [-0.1, -0.05) is 35.6 Å². The van der Waals surface area contributed by atoms with Crippen molar-refractivity contribution < 1.29 is 45.2 Å². The predicted molar refractivity (Wildman–Crippen MR) is 194 cm³/mol. The Kier molecular flexibility index (Phi) is 10.9. The molecule has 3 aromatic rings. The third-order valence-corrected chi connectivity index (χ3v) is 14.7. The molecule has 2 fully saturated rings. The monoisotopic (exact) mass is 763 g/mol. The second-order valence-corrected chi connectivity index (χ2v) is 18.3. The van der Waals surface area contributed by atoms with Crippen LogP contribution in [-0.4, -0.2) is 66.6 Å². The number of amides is 1. The third-order valence-electron chi connectivity index (χ3n) is 9.81. The Morgan fingerprint density at radius 1 is 0.920 bits per heavy atom. The molecule has 3 aliphatic rings. The molecule has 16 heteroatoms. The van der Waals surface area contributed by atoms with E-state index in [4.69, 9.17) is 5.11 Å². The highest BCUT2D eigenvalue weighted by atomic mass is 32.2. The molecule has 2 aliphatic heterocycles. The summed E-state index contributed by atoms with van der Waals surface area (Å²) in [6.07, 6.45) is 7.56. The van der Waals surface area contributed by atoms with Gasteiger partial charge in [-0.2, -0.15) is 21.4 Å². The number of hydrogen-bond acceptors (Lipinski definition) is 8. The zero-order valence-corrected chi connectivity index (χ0v) is 30.6. The van der Waals surface area contributed by atoms with Gasteiger partial charge in [0.2, 0.25) is 16.8 Å². The van der Waals surface area contributed by atoms with Crippen molar-refractivity contribution in [3.05, 3.63) is 70.2 Å². The highest BCUT2D eigenvalue weighted by molar-refractivity contribution is 8.03. The Balaban J connectivity index is 1.43. The normalized spacial score (nSPS) is 24.7. The summed E-state index contributed by atoms with van der Waals surface area (Å²) in [5.41, 5.74) is 2.33. The zero-order valence-electron chi connectivity index (χ0n) is 27.3. The lowest BCUT2D eigenvalue weighted by molar-refractivity contribution is -0.693. The van der Waals surface area contributed by atoms with Crippen LogP contribution in [-0.2, 0) is 29.8 Å². The van der Waals surface area contributed by atoms with Gasteiger partial charge in [-0.15, -0.1) is 0 Å². The number of nitrogens with zero attached hydrogens (tertiary/aromatic N) is 2. The minimum Gasteiger partial charge on any atom is -0.481 e. The third kappa shape index (κ3) is 7.56. The number of hydrogen-bond donors (Lipinski definition) is 4. The van der Waals surface area contributed by atoms with Crippen molar-refractivity contribution >= 4 is 77.2 Å². The van der Waals surface area contributed by atoms with Crippen molar-refractivity contribution in [2.45, 2.75) is 85.8 Å². The number of fused-ring (bicyclic) bond motifs is 3. The quantitative estimate of drug-likeness (QED) is 0.0734. The molecule has 1 aromatic heterocycles. The number of nitrogens with one attached hydrogen (secondary N) is 1. The molecule has 4 unspecified atom stereocenters. The van der Waals surface area contributed by atoms with Crippen LogP contribution in [0, 0.1) is 0 Å². The van der Waals surface area contributed by atoms with Gasteiger partial charge in [-0.05, 0) is 61.6 Å². The summed E-state index contributed by atoms with van der Waals surface area (Å²) in [6.45, 7) is 0.799. The first kappa shape index (κ1) is 36.7. The van der Waals surface area contributed by atoms with Gasteiger partial charge in [0.1, 0.15) is 9.95 Å². The van der Waals surface area contributed by atoms with E-state index in [2.05, 4.69) is 5.32 Å². The number of carbonyl (C=O) groups is 2. The summed E-state index contributed by atoms with van der Waals surface area (Å²) in [7, 11) is -8.79. The fourth-order valence-electron chi connectivity index (χ4n) is 7.61. The predicted octanol–water partition coefficient (Wildman–Crippen LogP) is 5.67. The first-order valence-corrected chi connectivity index (χ1v) is 21.3. The summed E-state index contributed by atoms with van der Waals surface area (Å²) in [4.78, 5) is 24.7. The van der Waals surface area contributed by atoms with Crippen molar-refractivity contribution in [1.82, 2.24) is 9.80 Å². The lowest BCUT2D eigenvalue weighted by atomic mass is 10.1. The molecular weight excluding hydrogens is 723 g/mol. The molecule has 12 nitrogen and oxygen atoms in total. The number of aromatic nitrogens is 1. The van der Waals surface area contributed by atoms with E-state index in [0.717, 1.165) is 25.8 Å². The molecular formula is C34H41N3O9S4+2. The van der Waals surface area contributed by atoms with Gasteiger partial charge >= 0.3 is 16.1 Å². The minimum atomic E-state index is -4.45. The second-order valence-electron chi connectivity index (χ2n) is 13.0. The molecule has 50 heavy (non-hydrogen) atoms. The van der Waals surface area contributed by atoms with Crippen LogP contribution in [0.4, 0.5) is 5.69 Å². The van der Waals surface area contributed by atoms with Crippen LogP contribution in [0.15, 0.2) is 70.1 Å². The number of allylic oxidation sites excluding steroid dienone is 2. The maximum Gasteiger partial charge on any atom is 0.320 e. The van der Waals surface area contributed by atoms with Crippen LogP contribution in [0.2, 0.25) is 0 Å². The number of carboxylic acids is 1. The Hall–Kier alpha value is -3.12. The number of benzene rings is 2. The fourth-order valence-corrected chi connectivity index (χ4v) is 12.6. The fraction of sp³-hybridized carbons (Fsp3) is 0.441. The van der Waals surface area contributed by atoms with Gasteiger partial charge in [0.05, 0.1) is 11.4 Å². The van der Waals surface area contributed by atoms with E-state index in [1.165, 1.54) is 23.1 Å². The minimum absolute atomic E-state index is 0.0234. The molecule has 268 valence electrons. The van der Waals surface area contributed by atoms with Crippen molar-refractivity contribution in [3.63, 3.8) is 0 Å². The molecule has 1 aliphatic carbocycles. The maximum absolute atomic E-state index is 13.0. The highest BCUT2D eigenvalue weighted by Gasteiger charge is 2.58. The number of thiazole rings is 1. The van der Waals surface area contributed by atoms with Crippen LogP contribution in [0.3, 0.4) is 0 Å². The van der Waals surface area contributed by atoms with Gasteiger partial charge < -0.3 is 10.4 Å². The number of quaternary nitrogens is 1. The summed E-state index contributed by atoms with van der Waals surface area (Å²) in [6, 6.07) is 14.7. The van der Waals surface area contributed by atoms with E-state index in [-0.39, 0.29) is 36.1 Å². The lowest BCUT2D eigenvalue weighted by Gasteiger charge is -2.34. The first-order valence-electron chi connectivity index (χ1n) is 16.7. The number of rotatable bonds is 13. The molecule has 1 spiro atoms. The van der Waals surface area contributed by atoms with E-state index in [0.29, 0.717) is 62.2 Å². The highest BCUT2D eigenvalue weighted by Crippen LogP contribution is 2.56. The Morgan fingerprint density at radius 3 is 2.44 bits per heavy atom. The number of para-hydroxylation sites is 2. The Bertz CT molecular complexity index is 2080. The van der Waals surface area contributed by atoms with Crippen molar-refractivity contribution in [2.75, 3.05) is 13.1 Å². The topological polar surface area (TPSA) is 179 Å².